The number of hydrogen-bond acceptors (Lipinski definition) is 3. The van der Waals surface area contributed by atoms with Gasteiger partial charge in [0.15, 0.2) is 0 Å². The zero-order valence-corrected chi connectivity index (χ0v) is 10.9. The van der Waals surface area contributed by atoms with Crippen molar-refractivity contribution in [3.8, 4) is 5.75 Å². The molecule has 1 aromatic carbocycles. The molecular formula is C13H19NO2S. The molecule has 0 aliphatic heterocycles. The molecule has 0 fully saturated rings. The van der Waals surface area contributed by atoms with Gasteiger partial charge in [0, 0.05) is 6.42 Å². The minimum atomic E-state index is 0.104. The first kappa shape index (κ1) is 13.9. The Morgan fingerprint density at radius 3 is 2.59 bits per heavy atom. The summed E-state index contributed by atoms with van der Waals surface area (Å²) in [7, 11) is 0. The van der Waals surface area contributed by atoms with E-state index in [0.29, 0.717) is 24.6 Å². The molecule has 0 aliphatic carbocycles. The fourth-order valence-corrected chi connectivity index (χ4v) is 1.62. The van der Waals surface area contributed by atoms with E-state index in [9.17, 15) is 0 Å². The van der Waals surface area contributed by atoms with Crippen LogP contribution in [0, 0.1) is 0 Å². The first-order valence-electron chi connectivity index (χ1n) is 5.80. The van der Waals surface area contributed by atoms with Gasteiger partial charge in [0.05, 0.1) is 17.7 Å². The summed E-state index contributed by atoms with van der Waals surface area (Å²) >= 11 is 4.86. The van der Waals surface area contributed by atoms with Crippen molar-refractivity contribution in [2.75, 3.05) is 13.2 Å². The van der Waals surface area contributed by atoms with Crippen molar-refractivity contribution in [2.45, 2.75) is 25.9 Å². The van der Waals surface area contributed by atoms with Crippen LogP contribution in [-0.4, -0.2) is 24.3 Å². The Labute approximate surface area is 108 Å². The second kappa shape index (κ2) is 8.03. The molecule has 0 amide bonds. The Bertz CT molecular complexity index is 329. The number of hydrogen-bond donors (Lipinski definition) is 1. The van der Waals surface area contributed by atoms with Crippen LogP contribution in [0.15, 0.2) is 30.3 Å². The molecule has 0 bridgehead atoms. The number of para-hydroxylation sites is 1. The van der Waals surface area contributed by atoms with Crippen LogP contribution in [-0.2, 0) is 4.74 Å². The number of thiocarbonyl (C=S) groups is 1. The summed E-state index contributed by atoms with van der Waals surface area (Å²) in [5.74, 6) is 0.860. The van der Waals surface area contributed by atoms with Crippen LogP contribution in [0.3, 0.4) is 0 Å². The molecule has 94 valence electrons. The molecule has 2 N–H and O–H groups in total. The van der Waals surface area contributed by atoms with Crippen molar-refractivity contribution >= 4 is 17.2 Å². The Kier molecular flexibility index (Phi) is 6.58. The zero-order valence-electron chi connectivity index (χ0n) is 10.1. The van der Waals surface area contributed by atoms with Crippen LogP contribution in [0.25, 0.3) is 0 Å². The lowest BCUT2D eigenvalue weighted by Crippen LogP contribution is -2.22. The van der Waals surface area contributed by atoms with Crippen LogP contribution >= 0.6 is 12.2 Å². The highest BCUT2D eigenvalue weighted by molar-refractivity contribution is 7.80. The average Bonchev–Trinajstić information content (AvgIpc) is 2.34. The van der Waals surface area contributed by atoms with E-state index in [1.165, 1.54) is 0 Å². The molecule has 1 unspecified atom stereocenters. The molecule has 17 heavy (non-hydrogen) atoms. The monoisotopic (exact) mass is 253 g/mol. The number of benzene rings is 1. The lowest BCUT2D eigenvalue weighted by molar-refractivity contribution is 0.0361. The van der Waals surface area contributed by atoms with E-state index in [-0.39, 0.29) is 6.10 Å². The highest BCUT2D eigenvalue weighted by atomic mass is 32.1. The number of ether oxygens (including phenoxy) is 2. The van der Waals surface area contributed by atoms with E-state index in [2.05, 4.69) is 6.92 Å². The van der Waals surface area contributed by atoms with Crippen LogP contribution in [0.2, 0.25) is 0 Å². The minimum absolute atomic E-state index is 0.104. The maximum atomic E-state index is 5.63. The first-order chi connectivity index (χ1) is 8.22. The Morgan fingerprint density at radius 2 is 2.00 bits per heavy atom. The van der Waals surface area contributed by atoms with Gasteiger partial charge in [0.1, 0.15) is 12.4 Å². The minimum Gasteiger partial charge on any atom is -0.491 e. The highest BCUT2D eigenvalue weighted by Crippen LogP contribution is 2.08. The van der Waals surface area contributed by atoms with Gasteiger partial charge < -0.3 is 15.2 Å². The van der Waals surface area contributed by atoms with E-state index in [0.717, 1.165) is 12.2 Å². The Morgan fingerprint density at radius 1 is 1.29 bits per heavy atom. The van der Waals surface area contributed by atoms with Crippen LogP contribution < -0.4 is 10.5 Å². The molecule has 0 saturated carbocycles. The van der Waals surface area contributed by atoms with Gasteiger partial charge in [-0.1, -0.05) is 37.3 Å². The smallest absolute Gasteiger partial charge is 0.119 e. The van der Waals surface area contributed by atoms with Crippen molar-refractivity contribution in [1.82, 2.24) is 0 Å². The second-order valence-electron chi connectivity index (χ2n) is 3.73. The molecule has 1 atom stereocenters. The van der Waals surface area contributed by atoms with Crippen LogP contribution in [0.4, 0.5) is 0 Å². The van der Waals surface area contributed by atoms with E-state index in [1.54, 1.807) is 0 Å². The fraction of sp³-hybridized carbons (Fsp3) is 0.462. The summed E-state index contributed by atoms with van der Waals surface area (Å²) in [5.41, 5.74) is 5.48. The van der Waals surface area contributed by atoms with Crippen molar-refractivity contribution in [1.29, 1.82) is 0 Å². The van der Waals surface area contributed by atoms with Gasteiger partial charge in [0.25, 0.3) is 0 Å². The lowest BCUT2D eigenvalue weighted by atomic mass is 10.2. The van der Waals surface area contributed by atoms with Crippen molar-refractivity contribution in [3.05, 3.63) is 30.3 Å². The Hall–Kier alpha value is -1.13. The van der Waals surface area contributed by atoms with Gasteiger partial charge in [-0.25, -0.2) is 0 Å². The summed E-state index contributed by atoms with van der Waals surface area (Å²) < 4.78 is 11.1. The van der Waals surface area contributed by atoms with Crippen molar-refractivity contribution in [3.63, 3.8) is 0 Å². The van der Waals surface area contributed by atoms with Gasteiger partial charge >= 0.3 is 0 Å². The third-order valence-electron chi connectivity index (χ3n) is 2.33. The van der Waals surface area contributed by atoms with Crippen molar-refractivity contribution in [2.24, 2.45) is 5.73 Å². The predicted molar refractivity (Wildman–Crippen MR) is 73.4 cm³/mol. The molecule has 1 rings (SSSR count). The topological polar surface area (TPSA) is 44.5 Å². The molecule has 0 heterocycles. The molecule has 4 heteroatoms. The lowest BCUT2D eigenvalue weighted by Gasteiger charge is -2.15. The fourth-order valence-electron chi connectivity index (χ4n) is 1.44. The summed E-state index contributed by atoms with van der Waals surface area (Å²) in [5, 5.41) is 0. The third kappa shape index (κ3) is 6.24. The average molecular weight is 253 g/mol. The summed E-state index contributed by atoms with van der Waals surface area (Å²) in [6.45, 7) is 3.15. The third-order valence-corrected chi connectivity index (χ3v) is 2.50. The van der Waals surface area contributed by atoms with Crippen LogP contribution in [0.1, 0.15) is 19.8 Å². The molecular weight excluding hydrogens is 234 g/mol. The molecule has 1 aromatic rings. The standard InChI is InChI=1S/C13H19NO2S/c1-2-11(10-13(14)17)15-8-9-16-12-6-4-3-5-7-12/h3-7,11H,2,8-10H2,1H3,(H2,14,17). The van der Waals surface area contributed by atoms with Gasteiger partial charge in [-0.2, -0.15) is 0 Å². The number of rotatable bonds is 8. The van der Waals surface area contributed by atoms with Gasteiger partial charge in [-0.15, -0.1) is 0 Å². The van der Waals surface area contributed by atoms with E-state index >= 15 is 0 Å². The van der Waals surface area contributed by atoms with Crippen LogP contribution in [0.5, 0.6) is 5.75 Å². The van der Waals surface area contributed by atoms with Gasteiger partial charge in [-0.3, -0.25) is 0 Å². The molecule has 0 radical (unpaired) electrons. The van der Waals surface area contributed by atoms with Gasteiger partial charge in [-0.05, 0) is 18.6 Å². The predicted octanol–water partition coefficient (Wildman–Crippen LogP) is 2.54. The van der Waals surface area contributed by atoms with E-state index in [1.807, 2.05) is 30.3 Å². The Balaban J connectivity index is 2.16. The quantitative estimate of drug-likeness (QED) is 0.571. The maximum absolute atomic E-state index is 5.63. The highest BCUT2D eigenvalue weighted by Gasteiger charge is 2.07. The first-order valence-corrected chi connectivity index (χ1v) is 6.21. The van der Waals surface area contributed by atoms with Gasteiger partial charge in [0.2, 0.25) is 0 Å². The summed E-state index contributed by atoms with van der Waals surface area (Å²) in [4.78, 5) is 0.501. The summed E-state index contributed by atoms with van der Waals surface area (Å²) in [6, 6.07) is 9.69. The SMILES string of the molecule is CCC(CC(N)=S)OCCOc1ccccc1. The molecule has 0 aromatic heterocycles. The van der Waals surface area contributed by atoms with Crippen molar-refractivity contribution < 1.29 is 9.47 Å². The van der Waals surface area contributed by atoms with E-state index < -0.39 is 0 Å². The van der Waals surface area contributed by atoms with E-state index in [4.69, 9.17) is 27.4 Å². The zero-order chi connectivity index (χ0) is 12.5. The molecule has 0 spiro atoms. The second-order valence-corrected chi connectivity index (χ2v) is 4.26. The maximum Gasteiger partial charge on any atom is 0.119 e. The number of nitrogens with two attached hydrogens (primary N) is 1. The molecule has 0 saturated heterocycles. The largest absolute Gasteiger partial charge is 0.491 e. The molecule has 3 nitrogen and oxygen atoms in total. The molecule has 0 aliphatic rings. The summed E-state index contributed by atoms with van der Waals surface area (Å²) in [6.07, 6.45) is 1.65. The normalized spacial score (nSPS) is 12.1.